The molecule has 0 spiro atoms. The molecule has 188 valence electrons. The van der Waals surface area contributed by atoms with E-state index in [1.54, 1.807) is 0 Å². The highest BCUT2D eigenvalue weighted by Crippen LogP contribution is 2.35. The summed E-state index contributed by atoms with van der Waals surface area (Å²) in [7, 11) is 0. The Hall–Kier alpha value is -3.78. The molecule has 2 N–H and O–H groups in total. The van der Waals surface area contributed by atoms with Crippen molar-refractivity contribution in [3.63, 3.8) is 0 Å². The van der Waals surface area contributed by atoms with Gasteiger partial charge in [0.15, 0.2) is 0 Å². The lowest BCUT2D eigenvalue weighted by Gasteiger charge is -2.24. The van der Waals surface area contributed by atoms with Crippen LogP contribution in [0.3, 0.4) is 0 Å². The van der Waals surface area contributed by atoms with Crippen molar-refractivity contribution in [2.75, 3.05) is 0 Å². The third kappa shape index (κ3) is 5.06. The van der Waals surface area contributed by atoms with Crippen LogP contribution in [-0.4, -0.2) is 43.6 Å². The second-order valence-corrected chi connectivity index (χ2v) is 10.5. The molecule has 3 aromatic rings. The van der Waals surface area contributed by atoms with E-state index in [4.69, 9.17) is 5.11 Å². The SMILES string of the molecule is Cc1ccc2[nH]c(=O)c(C3=NN(C(=O)CCC(=O)O)C(C4=CCC(Br)C=C4)C3)c(-c3ccccc3)c2c1. The first-order valence-electron chi connectivity index (χ1n) is 12.2. The number of aromatic nitrogens is 1. The van der Waals surface area contributed by atoms with Crippen LogP contribution in [0.5, 0.6) is 0 Å². The second kappa shape index (κ2) is 10.3. The Labute approximate surface area is 222 Å². The Morgan fingerprint density at radius 1 is 1.14 bits per heavy atom. The van der Waals surface area contributed by atoms with E-state index < -0.39 is 12.0 Å². The van der Waals surface area contributed by atoms with Crippen molar-refractivity contribution in [1.29, 1.82) is 0 Å². The molecule has 5 rings (SSSR count). The summed E-state index contributed by atoms with van der Waals surface area (Å²) in [6.07, 6.45) is 6.72. The number of amides is 1. The number of pyridine rings is 1. The molecule has 0 fully saturated rings. The summed E-state index contributed by atoms with van der Waals surface area (Å²) < 4.78 is 0. The van der Waals surface area contributed by atoms with Gasteiger partial charge in [-0.2, -0.15) is 5.10 Å². The van der Waals surface area contributed by atoms with Gasteiger partial charge in [0.25, 0.3) is 5.56 Å². The number of aliphatic carboxylic acids is 1. The van der Waals surface area contributed by atoms with Crippen molar-refractivity contribution in [2.24, 2.45) is 5.10 Å². The van der Waals surface area contributed by atoms with Crippen LogP contribution in [0.1, 0.15) is 36.8 Å². The van der Waals surface area contributed by atoms with Gasteiger partial charge in [-0.25, -0.2) is 5.01 Å². The zero-order valence-electron chi connectivity index (χ0n) is 20.3. The maximum atomic E-state index is 13.6. The quantitative estimate of drug-likeness (QED) is 0.398. The second-order valence-electron chi connectivity index (χ2n) is 9.33. The molecule has 0 bridgehead atoms. The number of carbonyl (C=O) groups excluding carboxylic acids is 1. The highest BCUT2D eigenvalue weighted by molar-refractivity contribution is 9.09. The summed E-state index contributed by atoms with van der Waals surface area (Å²) in [6, 6.07) is 15.2. The van der Waals surface area contributed by atoms with Crippen molar-refractivity contribution < 1.29 is 14.7 Å². The smallest absolute Gasteiger partial charge is 0.303 e. The van der Waals surface area contributed by atoms with Gasteiger partial charge in [-0.05, 0) is 36.6 Å². The van der Waals surface area contributed by atoms with E-state index in [2.05, 4.69) is 32.1 Å². The van der Waals surface area contributed by atoms with Crippen LogP contribution in [0, 0.1) is 6.92 Å². The molecule has 0 saturated carbocycles. The number of nitrogens with one attached hydrogen (secondary N) is 1. The zero-order chi connectivity index (χ0) is 26.1. The first-order chi connectivity index (χ1) is 17.8. The number of carboxylic acid groups (broad SMARTS) is 1. The molecule has 2 aromatic carbocycles. The van der Waals surface area contributed by atoms with Crippen molar-refractivity contribution in [3.05, 3.63) is 93.8 Å². The van der Waals surface area contributed by atoms with Gasteiger partial charge in [-0.3, -0.25) is 14.4 Å². The summed E-state index contributed by atoms with van der Waals surface area (Å²) in [5.41, 5.74) is 5.02. The maximum Gasteiger partial charge on any atom is 0.303 e. The summed E-state index contributed by atoms with van der Waals surface area (Å²) in [6.45, 7) is 2.00. The number of aryl methyl sites for hydroxylation is 1. The Morgan fingerprint density at radius 2 is 1.92 bits per heavy atom. The monoisotopic (exact) mass is 559 g/mol. The number of carboxylic acids is 1. The first kappa shape index (κ1) is 24.9. The number of hydrogen-bond donors (Lipinski definition) is 2. The number of rotatable bonds is 6. The van der Waals surface area contributed by atoms with Gasteiger partial charge in [-0.15, -0.1) is 0 Å². The van der Waals surface area contributed by atoms with Gasteiger partial charge in [-0.1, -0.05) is 76.1 Å². The molecule has 1 aliphatic carbocycles. The predicted molar refractivity (Wildman–Crippen MR) is 148 cm³/mol. The molecule has 0 saturated heterocycles. The number of aromatic amines is 1. The number of nitrogens with zero attached hydrogens (tertiary/aromatic N) is 2. The Bertz CT molecular complexity index is 1540. The van der Waals surface area contributed by atoms with E-state index in [0.717, 1.165) is 39.6 Å². The van der Waals surface area contributed by atoms with Gasteiger partial charge in [0.1, 0.15) is 0 Å². The summed E-state index contributed by atoms with van der Waals surface area (Å²) >= 11 is 3.58. The fraction of sp³-hybridized carbons (Fsp3) is 0.241. The van der Waals surface area contributed by atoms with Gasteiger partial charge >= 0.3 is 5.97 Å². The molecule has 2 unspecified atom stereocenters. The van der Waals surface area contributed by atoms with Gasteiger partial charge < -0.3 is 10.1 Å². The van der Waals surface area contributed by atoms with Crippen molar-refractivity contribution >= 4 is 44.4 Å². The number of hydrazone groups is 1. The van der Waals surface area contributed by atoms with Crippen LogP contribution in [0.2, 0.25) is 0 Å². The summed E-state index contributed by atoms with van der Waals surface area (Å²) in [5, 5.41) is 16.1. The molecule has 0 radical (unpaired) electrons. The fourth-order valence-electron chi connectivity index (χ4n) is 4.92. The lowest BCUT2D eigenvalue weighted by Crippen LogP contribution is -2.34. The molecule has 37 heavy (non-hydrogen) atoms. The number of halogens is 1. The summed E-state index contributed by atoms with van der Waals surface area (Å²) in [4.78, 5) is 41.1. The van der Waals surface area contributed by atoms with Crippen molar-refractivity contribution in [1.82, 2.24) is 9.99 Å². The number of carbonyl (C=O) groups is 2. The van der Waals surface area contributed by atoms with Crippen LogP contribution in [0.15, 0.2) is 82.2 Å². The topological polar surface area (TPSA) is 103 Å². The molecule has 1 aliphatic heterocycles. The lowest BCUT2D eigenvalue weighted by atomic mass is 9.89. The average Bonchev–Trinajstić information content (AvgIpc) is 3.32. The molecule has 2 atom stereocenters. The molecular weight excluding hydrogens is 534 g/mol. The van der Waals surface area contributed by atoms with Crippen LogP contribution in [0.4, 0.5) is 0 Å². The Morgan fingerprint density at radius 3 is 2.62 bits per heavy atom. The van der Waals surface area contributed by atoms with E-state index in [0.29, 0.717) is 17.7 Å². The van der Waals surface area contributed by atoms with E-state index in [1.807, 2.05) is 67.6 Å². The van der Waals surface area contributed by atoms with Crippen LogP contribution < -0.4 is 5.56 Å². The fourth-order valence-corrected chi connectivity index (χ4v) is 5.26. The molecule has 8 heteroatoms. The number of alkyl halides is 1. The molecule has 2 heterocycles. The number of benzene rings is 2. The van der Waals surface area contributed by atoms with Gasteiger partial charge in [0.05, 0.1) is 23.7 Å². The van der Waals surface area contributed by atoms with E-state index in [1.165, 1.54) is 5.01 Å². The minimum Gasteiger partial charge on any atom is -0.481 e. The molecule has 1 amide bonds. The van der Waals surface area contributed by atoms with Crippen LogP contribution >= 0.6 is 15.9 Å². The van der Waals surface area contributed by atoms with Crippen molar-refractivity contribution in [2.45, 2.75) is 43.5 Å². The molecular formula is C29H26BrN3O4. The minimum atomic E-state index is -1.04. The Kier molecular flexibility index (Phi) is 6.93. The van der Waals surface area contributed by atoms with Crippen LogP contribution in [0.25, 0.3) is 22.0 Å². The van der Waals surface area contributed by atoms with Crippen molar-refractivity contribution in [3.8, 4) is 11.1 Å². The molecule has 2 aliphatic rings. The standard InChI is InChI=1S/C29H26BrN3O4/c1-17-7-12-22-21(15-17)27(19-5-3-2-4-6-19)28(29(37)31-22)23-16-24(18-8-10-20(30)11-9-18)33(32-23)25(34)13-14-26(35)36/h2-10,12,15,20,24H,11,13-14,16H2,1H3,(H,31,37)(H,35,36). The molecule has 7 nitrogen and oxygen atoms in total. The normalized spacial score (nSPS) is 19.1. The van der Waals surface area contributed by atoms with Gasteiger partial charge in [0.2, 0.25) is 5.91 Å². The highest BCUT2D eigenvalue weighted by Gasteiger charge is 2.36. The third-order valence-corrected chi connectivity index (χ3v) is 7.38. The van der Waals surface area contributed by atoms with E-state index in [9.17, 15) is 14.4 Å². The van der Waals surface area contributed by atoms with Crippen LogP contribution in [-0.2, 0) is 9.59 Å². The first-order valence-corrected chi connectivity index (χ1v) is 13.1. The van der Waals surface area contributed by atoms with E-state index in [-0.39, 0.29) is 29.1 Å². The minimum absolute atomic E-state index is 0.167. The number of H-pyrrole nitrogens is 1. The molecule has 1 aromatic heterocycles. The van der Waals surface area contributed by atoms with Gasteiger partial charge in [0, 0.05) is 34.1 Å². The average molecular weight is 560 g/mol. The maximum absolute atomic E-state index is 13.6. The summed E-state index contributed by atoms with van der Waals surface area (Å²) in [5.74, 6) is -1.42. The number of fused-ring (bicyclic) bond motifs is 1. The lowest BCUT2D eigenvalue weighted by molar-refractivity contribution is -0.141. The van der Waals surface area contributed by atoms with E-state index >= 15 is 0 Å². The Balaban J connectivity index is 1.67. The third-order valence-electron chi connectivity index (χ3n) is 6.70. The largest absolute Gasteiger partial charge is 0.481 e. The highest BCUT2D eigenvalue weighted by atomic mass is 79.9. The zero-order valence-corrected chi connectivity index (χ0v) is 21.9. The number of allylic oxidation sites excluding steroid dienone is 2. The predicted octanol–water partition coefficient (Wildman–Crippen LogP) is 5.32. The number of hydrogen-bond acceptors (Lipinski definition) is 4.